The van der Waals surface area contributed by atoms with E-state index in [1.807, 2.05) is 6.07 Å². The molecule has 1 N–H and O–H groups in total. The van der Waals surface area contributed by atoms with Crippen LogP contribution >= 0.6 is 0 Å². The zero-order valence-electron chi connectivity index (χ0n) is 12.3. The van der Waals surface area contributed by atoms with E-state index >= 15 is 0 Å². The van der Waals surface area contributed by atoms with Gasteiger partial charge in [0, 0.05) is 19.2 Å². The van der Waals surface area contributed by atoms with Gasteiger partial charge in [-0.1, -0.05) is 13.8 Å². The molecule has 0 radical (unpaired) electrons. The number of non-ortho nitro benzene ring substituents is 1. The molecule has 0 heterocycles. The minimum Gasteiger partial charge on any atom is -0.496 e. The number of methoxy groups -OCH3 is 1. The lowest BCUT2D eigenvalue weighted by Gasteiger charge is -2.20. The summed E-state index contributed by atoms with van der Waals surface area (Å²) in [7, 11) is 1.52. The van der Waals surface area contributed by atoms with E-state index in [2.05, 4.69) is 19.2 Å². The standard InChI is InChI=1S/C15H22N2O3/c1-11(2)15(4-5-15)10-16-9-12-6-13(17(18)19)8-14(7-12)20-3/h6-8,11,16H,4-5,9-10H2,1-3H3. The van der Waals surface area contributed by atoms with Gasteiger partial charge < -0.3 is 10.1 Å². The van der Waals surface area contributed by atoms with Crippen molar-refractivity contribution in [2.75, 3.05) is 13.7 Å². The van der Waals surface area contributed by atoms with Crippen molar-refractivity contribution in [3.8, 4) is 5.75 Å². The van der Waals surface area contributed by atoms with Crippen LogP contribution in [0.15, 0.2) is 18.2 Å². The highest BCUT2D eigenvalue weighted by molar-refractivity contribution is 5.42. The molecule has 0 spiro atoms. The van der Waals surface area contributed by atoms with E-state index in [4.69, 9.17) is 4.74 Å². The summed E-state index contributed by atoms with van der Waals surface area (Å²) in [6.45, 7) is 6.11. The van der Waals surface area contributed by atoms with Crippen LogP contribution in [-0.2, 0) is 6.54 Å². The molecule has 5 nitrogen and oxygen atoms in total. The molecule has 0 atom stereocenters. The Morgan fingerprint density at radius 3 is 2.60 bits per heavy atom. The minimum atomic E-state index is -0.386. The lowest BCUT2D eigenvalue weighted by Crippen LogP contribution is -2.27. The zero-order valence-corrected chi connectivity index (χ0v) is 12.3. The Hall–Kier alpha value is -1.62. The first kappa shape index (κ1) is 14.8. The molecular weight excluding hydrogens is 256 g/mol. The Labute approximate surface area is 119 Å². The molecule has 110 valence electrons. The summed E-state index contributed by atoms with van der Waals surface area (Å²) in [5.41, 5.74) is 1.40. The maximum Gasteiger partial charge on any atom is 0.273 e. The summed E-state index contributed by atoms with van der Waals surface area (Å²) in [6.07, 6.45) is 2.55. The van der Waals surface area contributed by atoms with Crippen LogP contribution in [0.1, 0.15) is 32.3 Å². The first-order valence-corrected chi connectivity index (χ1v) is 7.00. The third kappa shape index (κ3) is 3.28. The summed E-state index contributed by atoms with van der Waals surface area (Å²) in [6, 6.07) is 4.89. The van der Waals surface area contributed by atoms with Crippen LogP contribution < -0.4 is 10.1 Å². The zero-order chi connectivity index (χ0) is 14.8. The topological polar surface area (TPSA) is 64.4 Å². The molecular formula is C15H22N2O3. The second-order valence-electron chi connectivity index (χ2n) is 5.92. The summed E-state index contributed by atoms with van der Waals surface area (Å²) in [4.78, 5) is 10.5. The molecule has 2 rings (SSSR count). The lowest BCUT2D eigenvalue weighted by atomic mass is 9.92. The molecule has 1 saturated carbocycles. The maximum absolute atomic E-state index is 10.9. The Balaban J connectivity index is 1.99. The van der Waals surface area contributed by atoms with Crippen LogP contribution in [0.5, 0.6) is 5.75 Å². The summed E-state index contributed by atoms with van der Waals surface area (Å²) in [5, 5.41) is 14.3. The van der Waals surface area contributed by atoms with E-state index in [0.29, 0.717) is 23.6 Å². The predicted octanol–water partition coefficient (Wildman–Crippen LogP) is 3.13. The second-order valence-corrected chi connectivity index (χ2v) is 5.92. The van der Waals surface area contributed by atoms with Gasteiger partial charge in [-0.15, -0.1) is 0 Å². The lowest BCUT2D eigenvalue weighted by molar-refractivity contribution is -0.385. The Kier molecular flexibility index (Phi) is 4.28. The van der Waals surface area contributed by atoms with Crippen molar-refractivity contribution in [3.63, 3.8) is 0 Å². The fraction of sp³-hybridized carbons (Fsp3) is 0.600. The number of hydrogen-bond donors (Lipinski definition) is 1. The molecule has 0 aromatic heterocycles. The number of hydrogen-bond acceptors (Lipinski definition) is 4. The van der Waals surface area contributed by atoms with Crippen LogP contribution in [-0.4, -0.2) is 18.6 Å². The smallest absolute Gasteiger partial charge is 0.273 e. The van der Waals surface area contributed by atoms with Gasteiger partial charge in [0.05, 0.1) is 18.1 Å². The summed E-state index contributed by atoms with van der Waals surface area (Å²) < 4.78 is 5.11. The van der Waals surface area contributed by atoms with E-state index in [1.165, 1.54) is 26.0 Å². The van der Waals surface area contributed by atoms with Gasteiger partial charge in [0.15, 0.2) is 0 Å². The number of nitrogens with one attached hydrogen (secondary N) is 1. The average molecular weight is 278 g/mol. The molecule has 20 heavy (non-hydrogen) atoms. The number of rotatable bonds is 7. The fourth-order valence-electron chi connectivity index (χ4n) is 2.54. The van der Waals surface area contributed by atoms with Crippen molar-refractivity contribution in [2.45, 2.75) is 33.2 Å². The third-order valence-corrected chi connectivity index (χ3v) is 4.32. The molecule has 1 aromatic carbocycles. The van der Waals surface area contributed by atoms with Crippen molar-refractivity contribution in [1.29, 1.82) is 0 Å². The molecule has 1 aliphatic carbocycles. The molecule has 0 unspecified atom stereocenters. The van der Waals surface area contributed by atoms with E-state index in [1.54, 1.807) is 6.07 Å². The van der Waals surface area contributed by atoms with Gasteiger partial charge in [-0.25, -0.2) is 0 Å². The highest BCUT2D eigenvalue weighted by Crippen LogP contribution is 2.51. The van der Waals surface area contributed by atoms with Crippen molar-refractivity contribution in [2.24, 2.45) is 11.3 Å². The molecule has 1 fully saturated rings. The Morgan fingerprint density at radius 2 is 2.10 bits per heavy atom. The van der Waals surface area contributed by atoms with E-state index in [-0.39, 0.29) is 10.6 Å². The monoisotopic (exact) mass is 278 g/mol. The maximum atomic E-state index is 10.9. The molecule has 0 saturated heterocycles. The Morgan fingerprint density at radius 1 is 1.40 bits per heavy atom. The van der Waals surface area contributed by atoms with Crippen LogP contribution in [0.3, 0.4) is 0 Å². The number of benzene rings is 1. The van der Waals surface area contributed by atoms with Crippen LogP contribution in [0, 0.1) is 21.4 Å². The van der Waals surface area contributed by atoms with Crippen LogP contribution in [0.4, 0.5) is 5.69 Å². The molecule has 0 aliphatic heterocycles. The number of nitro groups is 1. The number of nitrogens with zero attached hydrogens (tertiary/aromatic N) is 1. The molecule has 1 aromatic rings. The van der Waals surface area contributed by atoms with Gasteiger partial charge in [-0.2, -0.15) is 0 Å². The predicted molar refractivity (Wildman–Crippen MR) is 77.9 cm³/mol. The first-order valence-electron chi connectivity index (χ1n) is 7.00. The van der Waals surface area contributed by atoms with Gasteiger partial charge >= 0.3 is 0 Å². The van der Waals surface area contributed by atoms with Crippen molar-refractivity contribution in [1.82, 2.24) is 5.32 Å². The normalized spacial score (nSPS) is 16.2. The molecule has 5 heteroatoms. The average Bonchev–Trinajstić information content (AvgIpc) is 3.19. The van der Waals surface area contributed by atoms with Crippen molar-refractivity contribution in [3.05, 3.63) is 33.9 Å². The quantitative estimate of drug-likeness (QED) is 0.614. The largest absolute Gasteiger partial charge is 0.496 e. The highest BCUT2D eigenvalue weighted by atomic mass is 16.6. The van der Waals surface area contributed by atoms with Gasteiger partial charge in [-0.05, 0) is 35.8 Å². The van der Waals surface area contributed by atoms with Gasteiger partial charge in [0.1, 0.15) is 5.75 Å². The fourth-order valence-corrected chi connectivity index (χ4v) is 2.54. The number of nitro benzene ring substituents is 1. The molecule has 0 bridgehead atoms. The van der Waals surface area contributed by atoms with Crippen molar-refractivity contribution < 1.29 is 9.66 Å². The van der Waals surface area contributed by atoms with Crippen molar-refractivity contribution >= 4 is 5.69 Å². The number of ether oxygens (including phenoxy) is 1. The minimum absolute atomic E-state index is 0.0751. The van der Waals surface area contributed by atoms with Gasteiger partial charge in [0.25, 0.3) is 5.69 Å². The van der Waals surface area contributed by atoms with E-state index in [9.17, 15) is 10.1 Å². The van der Waals surface area contributed by atoms with E-state index < -0.39 is 0 Å². The van der Waals surface area contributed by atoms with Gasteiger partial charge in [-0.3, -0.25) is 10.1 Å². The second kappa shape index (κ2) is 5.79. The SMILES string of the molecule is COc1cc(CNCC2(C(C)C)CC2)cc([N+](=O)[O-])c1. The summed E-state index contributed by atoms with van der Waals surface area (Å²) in [5.74, 6) is 1.20. The summed E-state index contributed by atoms with van der Waals surface area (Å²) >= 11 is 0. The van der Waals surface area contributed by atoms with Crippen LogP contribution in [0.25, 0.3) is 0 Å². The first-order chi connectivity index (χ1) is 9.47. The van der Waals surface area contributed by atoms with E-state index in [0.717, 1.165) is 12.1 Å². The third-order valence-electron chi connectivity index (χ3n) is 4.32. The molecule has 0 amide bonds. The Bertz CT molecular complexity index is 496. The van der Waals surface area contributed by atoms with Crippen LogP contribution in [0.2, 0.25) is 0 Å². The highest BCUT2D eigenvalue weighted by Gasteiger charge is 2.44. The molecule has 1 aliphatic rings. The van der Waals surface area contributed by atoms with Gasteiger partial charge in [0.2, 0.25) is 0 Å².